The Kier molecular flexibility index (Phi) is 10.9. The average molecular weight is 687 g/mol. The summed E-state index contributed by atoms with van der Waals surface area (Å²) in [7, 11) is 0. The highest BCUT2D eigenvalue weighted by atomic mass is 79.9. The number of hydrogen-bond donors (Lipinski definition) is 2. The van der Waals surface area contributed by atoms with Gasteiger partial charge in [0.05, 0.1) is 16.5 Å². The van der Waals surface area contributed by atoms with Crippen molar-refractivity contribution < 1.29 is 28.7 Å². The molecule has 43 heavy (non-hydrogen) atoms. The highest BCUT2D eigenvalue weighted by Crippen LogP contribution is 2.35. The molecule has 0 saturated carbocycles. The number of nitrogens with one attached hydrogen (secondary N) is 2. The van der Waals surface area contributed by atoms with Crippen molar-refractivity contribution in [2.75, 3.05) is 30.4 Å². The highest BCUT2D eigenvalue weighted by molar-refractivity contribution is 9.10. The van der Waals surface area contributed by atoms with E-state index in [1.807, 2.05) is 31.2 Å². The summed E-state index contributed by atoms with van der Waals surface area (Å²) in [6.45, 7) is 5.57. The van der Waals surface area contributed by atoms with Gasteiger partial charge in [-0.2, -0.15) is 0 Å². The van der Waals surface area contributed by atoms with E-state index in [-0.39, 0.29) is 23.3 Å². The summed E-state index contributed by atoms with van der Waals surface area (Å²) in [6.07, 6.45) is 1.54. The lowest BCUT2D eigenvalue weighted by atomic mass is 10.0. The van der Waals surface area contributed by atoms with Gasteiger partial charge in [-0.05, 0) is 94.1 Å². The van der Waals surface area contributed by atoms with Crippen molar-refractivity contribution in [3.8, 4) is 11.5 Å². The Bertz CT molecular complexity index is 1600. The lowest BCUT2D eigenvalue weighted by Gasteiger charge is -2.15. The quantitative estimate of drug-likeness (QED) is 0.203. The molecule has 0 bridgehead atoms. The Balaban J connectivity index is 1.41. The maximum Gasteiger partial charge on any atom is 0.294 e. The van der Waals surface area contributed by atoms with Crippen LogP contribution in [0.5, 0.6) is 11.5 Å². The molecule has 0 unspecified atom stereocenters. The van der Waals surface area contributed by atoms with Crippen LogP contribution in [0.15, 0.2) is 70.0 Å². The van der Waals surface area contributed by atoms with Crippen LogP contribution in [0.2, 0.25) is 5.02 Å². The van der Waals surface area contributed by atoms with Crippen molar-refractivity contribution in [1.82, 2.24) is 4.90 Å². The molecule has 0 spiro atoms. The van der Waals surface area contributed by atoms with Gasteiger partial charge in [0.15, 0.2) is 18.1 Å². The van der Waals surface area contributed by atoms with E-state index in [4.69, 9.17) is 21.1 Å². The van der Waals surface area contributed by atoms with E-state index in [2.05, 4.69) is 40.4 Å². The third kappa shape index (κ3) is 8.40. The fraction of sp³-hybridized carbons (Fsp3) is 0.226. The molecule has 3 aromatic rings. The van der Waals surface area contributed by atoms with E-state index in [0.29, 0.717) is 38.9 Å². The molecule has 0 aliphatic carbocycles. The first-order valence-electron chi connectivity index (χ1n) is 13.3. The number of rotatable bonds is 11. The minimum Gasteiger partial charge on any atom is -0.490 e. The molecule has 9 nitrogen and oxygen atoms in total. The second-order valence-electron chi connectivity index (χ2n) is 9.66. The van der Waals surface area contributed by atoms with Gasteiger partial charge in [-0.25, -0.2) is 0 Å². The van der Waals surface area contributed by atoms with Gasteiger partial charge in [-0.1, -0.05) is 49.7 Å². The number of ether oxygens (including phenoxy) is 2. The van der Waals surface area contributed by atoms with E-state index < -0.39 is 23.6 Å². The topological polar surface area (TPSA) is 114 Å². The lowest BCUT2D eigenvalue weighted by Crippen LogP contribution is -2.36. The second-order valence-corrected chi connectivity index (χ2v) is 11.9. The zero-order chi connectivity index (χ0) is 31.1. The number of imide groups is 1. The third-order valence-electron chi connectivity index (χ3n) is 6.16. The smallest absolute Gasteiger partial charge is 0.294 e. The first-order chi connectivity index (χ1) is 20.5. The van der Waals surface area contributed by atoms with Crippen LogP contribution in [-0.2, 0) is 14.4 Å². The fourth-order valence-corrected chi connectivity index (χ4v) is 5.42. The van der Waals surface area contributed by atoms with Gasteiger partial charge in [0.2, 0.25) is 5.91 Å². The predicted molar refractivity (Wildman–Crippen MR) is 173 cm³/mol. The Hall–Kier alpha value is -3.80. The molecular formula is C31H29BrClN3O6S. The number of carbonyl (C=O) groups is 4. The molecule has 1 heterocycles. The van der Waals surface area contributed by atoms with Gasteiger partial charge in [0, 0.05) is 15.8 Å². The van der Waals surface area contributed by atoms with Crippen molar-refractivity contribution in [2.24, 2.45) is 0 Å². The predicted octanol–water partition coefficient (Wildman–Crippen LogP) is 7.32. The SMILES string of the molecule is CCOc1cc(/C=C2/SC(=O)N(CC(=O)Nc3ccc(Br)c(Cl)c3)C2=O)ccc1OCC(=O)Nc1ccccc1C(C)C. The molecule has 12 heteroatoms. The summed E-state index contributed by atoms with van der Waals surface area (Å²) in [5.41, 5.74) is 2.76. The summed E-state index contributed by atoms with van der Waals surface area (Å²) >= 11 is 10.1. The standard InChI is InChI=1S/C31H29BrClN3O6S/c1-4-41-26-13-19(9-12-25(26)42-17-29(38)35-24-8-6-5-7-21(24)18(2)3)14-27-30(39)36(31(40)43-27)16-28(37)34-20-10-11-22(32)23(33)15-20/h5-15,18H,4,16-17H2,1-3H3,(H,34,37)(H,35,38)/b27-14+. The van der Waals surface area contributed by atoms with Crippen LogP contribution in [0.3, 0.4) is 0 Å². The van der Waals surface area contributed by atoms with E-state index in [9.17, 15) is 19.2 Å². The van der Waals surface area contributed by atoms with Crippen LogP contribution in [-0.4, -0.2) is 47.6 Å². The van der Waals surface area contributed by atoms with Crippen molar-refractivity contribution in [1.29, 1.82) is 0 Å². The number of carbonyl (C=O) groups excluding carboxylic acids is 4. The van der Waals surface area contributed by atoms with Crippen molar-refractivity contribution in [3.05, 3.63) is 86.2 Å². The lowest BCUT2D eigenvalue weighted by molar-refractivity contribution is -0.127. The van der Waals surface area contributed by atoms with E-state index in [0.717, 1.165) is 27.9 Å². The molecule has 224 valence electrons. The maximum absolute atomic E-state index is 13.0. The van der Waals surface area contributed by atoms with Gasteiger partial charge in [0.25, 0.3) is 17.1 Å². The average Bonchev–Trinajstić information content (AvgIpc) is 3.22. The molecular weight excluding hydrogens is 658 g/mol. The molecule has 0 radical (unpaired) electrons. The number of thioether (sulfide) groups is 1. The van der Waals surface area contributed by atoms with Crippen LogP contribution < -0.4 is 20.1 Å². The molecule has 2 N–H and O–H groups in total. The Labute approximate surface area is 267 Å². The molecule has 4 rings (SSSR count). The maximum atomic E-state index is 13.0. The monoisotopic (exact) mass is 685 g/mol. The first kappa shape index (κ1) is 32.1. The largest absolute Gasteiger partial charge is 0.490 e. The second kappa shape index (κ2) is 14.6. The number of amides is 4. The molecule has 0 atom stereocenters. The van der Waals surface area contributed by atoms with Crippen LogP contribution in [0.25, 0.3) is 6.08 Å². The summed E-state index contributed by atoms with van der Waals surface area (Å²) in [5, 5.41) is 5.37. The molecule has 1 aliphatic rings. The summed E-state index contributed by atoms with van der Waals surface area (Å²) in [6, 6.07) is 17.4. The van der Waals surface area contributed by atoms with Gasteiger partial charge in [-0.15, -0.1) is 0 Å². The minimum absolute atomic E-state index is 0.156. The Morgan fingerprint density at radius 3 is 2.49 bits per heavy atom. The summed E-state index contributed by atoms with van der Waals surface area (Å²) < 4.78 is 12.2. The zero-order valence-corrected chi connectivity index (χ0v) is 26.8. The highest BCUT2D eigenvalue weighted by Gasteiger charge is 2.36. The Morgan fingerprint density at radius 1 is 1.00 bits per heavy atom. The van der Waals surface area contributed by atoms with E-state index >= 15 is 0 Å². The van der Waals surface area contributed by atoms with Crippen molar-refractivity contribution >= 4 is 79.7 Å². The summed E-state index contributed by atoms with van der Waals surface area (Å²) in [4.78, 5) is 51.8. The number of nitrogens with zero attached hydrogens (tertiary/aromatic N) is 1. The zero-order valence-electron chi connectivity index (χ0n) is 23.6. The number of benzene rings is 3. The van der Waals surface area contributed by atoms with Gasteiger partial charge in [0.1, 0.15) is 6.54 Å². The molecule has 1 fully saturated rings. The van der Waals surface area contributed by atoms with Crippen molar-refractivity contribution in [3.63, 3.8) is 0 Å². The number of hydrogen-bond acceptors (Lipinski definition) is 7. The van der Waals surface area contributed by atoms with Crippen LogP contribution in [0.4, 0.5) is 16.2 Å². The number of para-hydroxylation sites is 1. The van der Waals surface area contributed by atoms with Crippen molar-refractivity contribution in [2.45, 2.75) is 26.7 Å². The van der Waals surface area contributed by atoms with Gasteiger partial charge in [-0.3, -0.25) is 24.1 Å². The van der Waals surface area contributed by atoms with Crippen LogP contribution in [0, 0.1) is 0 Å². The van der Waals surface area contributed by atoms with E-state index in [1.165, 1.54) is 0 Å². The Morgan fingerprint density at radius 2 is 1.77 bits per heavy atom. The molecule has 3 aromatic carbocycles. The first-order valence-corrected chi connectivity index (χ1v) is 15.3. The van der Waals surface area contributed by atoms with Gasteiger partial charge < -0.3 is 20.1 Å². The van der Waals surface area contributed by atoms with Gasteiger partial charge >= 0.3 is 0 Å². The minimum atomic E-state index is -0.587. The van der Waals surface area contributed by atoms with Crippen LogP contribution in [0.1, 0.15) is 37.8 Å². The normalized spacial score (nSPS) is 13.9. The molecule has 1 aliphatic heterocycles. The molecule has 4 amide bonds. The van der Waals surface area contributed by atoms with Crippen LogP contribution >= 0.6 is 39.3 Å². The molecule has 1 saturated heterocycles. The number of halogens is 2. The van der Waals surface area contributed by atoms with E-state index in [1.54, 1.807) is 42.5 Å². The number of anilines is 2. The third-order valence-corrected chi connectivity index (χ3v) is 8.30. The fourth-order valence-electron chi connectivity index (χ4n) is 4.15. The summed E-state index contributed by atoms with van der Waals surface area (Å²) in [5.74, 6) is -0.484. The molecule has 0 aromatic heterocycles.